The van der Waals surface area contributed by atoms with Gasteiger partial charge in [-0.05, 0) is 47.0 Å². The van der Waals surface area contributed by atoms with E-state index in [9.17, 15) is 0 Å². The van der Waals surface area contributed by atoms with Crippen LogP contribution < -0.4 is 0 Å². The zero-order valence-electron chi connectivity index (χ0n) is 8.60. The molecule has 0 bridgehead atoms. The Morgan fingerprint density at radius 2 is 2.20 bits per heavy atom. The van der Waals surface area contributed by atoms with Crippen molar-refractivity contribution in [3.05, 3.63) is 27.4 Å². The Labute approximate surface area is 102 Å². The molecular weight excluding hydrogens is 277 g/mol. The lowest BCUT2D eigenvalue weighted by Crippen LogP contribution is -1.88. The summed E-state index contributed by atoms with van der Waals surface area (Å²) in [5.74, 6) is 0.562. The first-order valence-electron chi connectivity index (χ1n) is 4.75. The fourth-order valence-corrected chi connectivity index (χ4v) is 2.35. The number of aromatic nitrogens is 1. The fourth-order valence-electron chi connectivity index (χ4n) is 1.58. The van der Waals surface area contributed by atoms with Crippen molar-refractivity contribution in [2.75, 3.05) is 5.88 Å². The summed E-state index contributed by atoms with van der Waals surface area (Å²) < 4.78 is 6.30. The van der Waals surface area contributed by atoms with Crippen molar-refractivity contribution >= 4 is 38.5 Å². The lowest BCUT2D eigenvalue weighted by molar-refractivity contribution is 0.446. The first kappa shape index (κ1) is 11.0. The van der Waals surface area contributed by atoms with Crippen LogP contribution in [0.15, 0.2) is 15.1 Å². The van der Waals surface area contributed by atoms with Crippen molar-refractivity contribution in [2.24, 2.45) is 0 Å². The predicted octanol–water partition coefficient (Wildman–Crippen LogP) is 3.99. The highest BCUT2D eigenvalue weighted by atomic mass is 79.9. The topological polar surface area (TPSA) is 26.0 Å². The smallest absolute Gasteiger partial charge is 0.181 e. The quantitative estimate of drug-likeness (QED) is 0.781. The summed E-state index contributed by atoms with van der Waals surface area (Å²) in [5, 5.41) is 5.10. The first-order valence-corrected chi connectivity index (χ1v) is 6.07. The summed E-state index contributed by atoms with van der Waals surface area (Å²) in [5.41, 5.74) is 4.17. The molecule has 0 radical (unpaired) electrons. The average molecular weight is 289 g/mol. The Morgan fingerprint density at radius 1 is 1.47 bits per heavy atom. The van der Waals surface area contributed by atoms with Crippen molar-refractivity contribution < 1.29 is 4.52 Å². The van der Waals surface area contributed by atoms with E-state index in [2.05, 4.69) is 41.0 Å². The fraction of sp³-hybridized carbons (Fsp3) is 0.364. The molecule has 0 unspecified atom stereocenters. The van der Waals surface area contributed by atoms with E-state index in [0.29, 0.717) is 5.88 Å². The molecule has 15 heavy (non-hydrogen) atoms. The van der Waals surface area contributed by atoms with Crippen LogP contribution >= 0.6 is 27.5 Å². The number of benzene rings is 1. The number of alkyl halides is 1. The Hall–Kier alpha value is -0.540. The number of aryl methyl sites for hydroxylation is 2. The van der Waals surface area contributed by atoms with E-state index in [4.69, 9.17) is 16.1 Å². The van der Waals surface area contributed by atoms with Gasteiger partial charge >= 0.3 is 0 Å². The van der Waals surface area contributed by atoms with Gasteiger partial charge in [0, 0.05) is 17.7 Å². The number of nitrogens with zero attached hydrogens (tertiary/aromatic N) is 1. The van der Waals surface area contributed by atoms with E-state index >= 15 is 0 Å². The molecule has 2 nitrogen and oxygen atoms in total. The Balaban J connectivity index is 2.71. The van der Waals surface area contributed by atoms with Gasteiger partial charge in [0.25, 0.3) is 0 Å². The van der Waals surface area contributed by atoms with E-state index in [-0.39, 0.29) is 0 Å². The highest BCUT2D eigenvalue weighted by Gasteiger charge is 2.13. The number of hydrogen-bond acceptors (Lipinski definition) is 2. The van der Waals surface area contributed by atoms with Crippen LogP contribution in [0.3, 0.4) is 0 Å². The van der Waals surface area contributed by atoms with Crippen LogP contribution in [0.2, 0.25) is 0 Å². The molecule has 4 heteroatoms. The predicted molar refractivity (Wildman–Crippen MR) is 65.6 cm³/mol. The molecule has 2 rings (SSSR count). The zero-order valence-corrected chi connectivity index (χ0v) is 10.9. The minimum absolute atomic E-state index is 0.562. The number of fused-ring (bicyclic) bond motifs is 1. The summed E-state index contributed by atoms with van der Waals surface area (Å²) >= 11 is 9.24. The molecule has 0 saturated heterocycles. The maximum atomic E-state index is 5.71. The van der Waals surface area contributed by atoms with Crippen LogP contribution in [0.5, 0.6) is 0 Å². The molecular formula is C11H11BrClNO. The van der Waals surface area contributed by atoms with Gasteiger partial charge in [-0.3, -0.25) is 0 Å². The van der Waals surface area contributed by atoms with Crippen molar-refractivity contribution in [2.45, 2.75) is 20.3 Å². The molecule has 0 fully saturated rings. The standard InChI is InChI=1S/C11H11BrClNO/c1-6-5-8-9(3-4-13)14-15-11(8)10(12)7(6)2/h5H,3-4H2,1-2H3. The molecule has 0 atom stereocenters. The minimum atomic E-state index is 0.562. The Kier molecular flexibility index (Phi) is 3.03. The molecule has 0 amide bonds. The molecule has 80 valence electrons. The van der Waals surface area contributed by atoms with Gasteiger partial charge in [0.15, 0.2) is 5.58 Å². The lowest BCUT2D eigenvalue weighted by atomic mass is 10.1. The molecule has 0 aliphatic heterocycles. The van der Waals surface area contributed by atoms with E-state index in [0.717, 1.165) is 27.6 Å². The van der Waals surface area contributed by atoms with Crippen LogP contribution in [0.1, 0.15) is 16.8 Å². The molecule has 0 saturated carbocycles. The molecule has 1 aromatic carbocycles. The van der Waals surface area contributed by atoms with Gasteiger partial charge in [0.05, 0.1) is 10.2 Å². The average Bonchev–Trinajstić information content (AvgIpc) is 2.59. The van der Waals surface area contributed by atoms with Gasteiger partial charge < -0.3 is 4.52 Å². The third kappa shape index (κ3) is 1.79. The monoisotopic (exact) mass is 287 g/mol. The molecule has 0 aliphatic carbocycles. The van der Waals surface area contributed by atoms with Crippen molar-refractivity contribution in [1.82, 2.24) is 5.16 Å². The second kappa shape index (κ2) is 4.14. The van der Waals surface area contributed by atoms with Crippen LogP contribution in [0.25, 0.3) is 11.0 Å². The second-order valence-corrected chi connectivity index (χ2v) is 4.75. The summed E-state index contributed by atoms with van der Waals surface area (Å²) in [7, 11) is 0. The largest absolute Gasteiger partial charge is 0.355 e. The summed E-state index contributed by atoms with van der Waals surface area (Å²) in [6, 6.07) is 2.10. The summed E-state index contributed by atoms with van der Waals surface area (Å²) in [4.78, 5) is 0. The summed E-state index contributed by atoms with van der Waals surface area (Å²) in [6.07, 6.45) is 0.740. The third-order valence-electron chi connectivity index (χ3n) is 2.61. The van der Waals surface area contributed by atoms with Gasteiger partial charge in [-0.25, -0.2) is 0 Å². The van der Waals surface area contributed by atoms with Gasteiger partial charge in [0.1, 0.15) is 0 Å². The third-order valence-corrected chi connectivity index (χ3v) is 3.76. The molecule has 1 aromatic heterocycles. The Bertz CT molecular complexity index is 507. The molecule has 0 spiro atoms. The first-order chi connectivity index (χ1) is 7.15. The van der Waals surface area contributed by atoms with Gasteiger partial charge in [0.2, 0.25) is 0 Å². The SMILES string of the molecule is Cc1cc2c(CCCl)noc2c(Br)c1C. The molecule has 0 N–H and O–H groups in total. The number of hydrogen-bond donors (Lipinski definition) is 0. The van der Waals surface area contributed by atoms with Crippen LogP contribution in [0, 0.1) is 13.8 Å². The van der Waals surface area contributed by atoms with Crippen molar-refractivity contribution in [3.63, 3.8) is 0 Å². The molecule has 1 heterocycles. The van der Waals surface area contributed by atoms with E-state index < -0.39 is 0 Å². The van der Waals surface area contributed by atoms with E-state index in [1.54, 1.807) is 0 Å². The van der Waals surface area contributed by atoms with Gasteiger partial charge in [-0.1, -0.05) is 5.16 Å². The number of halogens is 2. The van der Waals surface area contributed by atoms with E-state index in [1.807, 2.05) is 0 Å². The highest BCUT2D eigenvalue weighted by Crippen LogP contribution is 2.31. The minimum Gasteiger partial charge on any atom is -0.355 e. The second-order valence-electron chi connectivity index (χ2n) is 3.58. The maximum absolute atomic E-state index is 5.71. The Morgan fingerprint density at radius 3 is 2.87 bits per heavy atom. The summed E-state index contributed by atoms with van der Waals surface area (Å²) in [6.45, 7) is 4.14. The van der Waals surface area contributed by atoms with Crippen LogP contribution in [0.4, 0.5) is 0 Å². The maximum Gasteiger partial charge on any atom is 0.181 e. The normalized spacial score (nSPS) is 11.2. The zero-order chi connectivity index (χ0) is 11.0. The molecule has 0 aliphatic rings. The van der Waals surface area contributed by atoms with Crippen molar-refractivity contribution in [1.29, 1.82) is 0 Å². The molecule has 2 aromatic rings. The lowest BCUT2D eigenvalue weighted by Gasteiger charge is -2.02. The van der Waals surface area contributed by atoms with Gasteiger partial charge in [-0.15, -0.1) is 11.6 Å². The van der Waals surface area contributed by atoms with Crippen LogP contribution in [-0.2, 0) is 6.42 Å². The number of rotatable bonds is 2. The van der Waals surface area contributed by atoms with Gasteiger partial charge in [-0.2, -0.15) is 0 Å². The highest BCUT2D eigenvalue weighted by molar-refractivity contribution is 9.10. The van der Waals surface area contributed by atoms with Crippen molar-refractivity contribution in [3.8, 4) is 0 Å². The van der Waals surface area contributed by atoms with E-state index in [1.165, 1.54) is 11.1 Å². The van der Waals surface area contributed by atoms with Crippen LogP contribution in [-0.4, -0.2) is 11.0 Å².